The molecule has 35 heavy (non-hydrogen) atoms. The molecule has 1 aliphatic rings. The molecule has 0 aliphatic carbocycles. The Kier molecular flexibility index (Phi) is 6.63. The normalized spacial score (nSPS) is 16.7. The van der Waals surface area contributed by atoms with Gasteiger partial charge < -0.3 is 4.42 Å². The standard InChI is InChI=1S/C24H21Cl2N3O4S2/c1-15-19(26)10-11-21-22(15)27-24(34-21)28(14-17-4-3-13-33-17)23(30)20-5-2-12-29(20)35(31,32)18-8-6-16(25)7-9-18/h3-4,6-11,13,20H,2,5,12,14H2,1H3. The van der Waals surface area contributed by atoms with E-state index in [4.69, 9.17) is 32.6 Å². The number of sulfonamides is 1. The average Bonchev–Trinajstić information content (AvgIpc) is 3.60. The summed E-state index contributed by atoms with van der Waals surface area (Å²) in [6.45, 7) is 2.26. The second-order valence-electron chi connectivity index (χ2n) is 8.25. The highest BCUT2D eigenvalue weighted by molar-refractivity contribution is 7.89. The van der Waals surface area contributed by atoms with Gasteiger partial charge in [0.1, 0.15) is 11.8 Å². The molecule has 0 N–H and O–H groups in total. The molecule has 1 saturated heterocycles. The Morgan fingerprint density at radius 2 is 1.97 bits per heavy atom. The Morgan fingerprint density at radius 3 is 2.69 bits per heavy atom. The fraction of sp³-hybridized carbons (Fsp3) is 0.250. The van der Waals surface area contributed by atoms with E-state index >= 15 is 0 Å². The highest BCUT2D eigenvalue weighted by atomic mass is 35.5. The van der Waals surface area contributed by atoms with Crippen LogP contribution in [0.15, 0.2) is 64.1 Å². The summed E-state index contributed by atoms with van der Waals surface area (Å²) in [4.78, 5) is 20.3. The van der Waals surface area contributed by atoms with Crippen molar-refractivity contribution < 1.29 is 17.6 Å². The number of rotatable bonds is 6. The predicted octanol–water partition coefficient (Wildman–Crippen LogP) is 5.89. The van der Waals surface area contributed by atoms with Gasteiger partial charge in [0.2, 0.25) is 15.9 Å². The number of thiazole rings is 1. The first-order valence-electron chi connectivity index (χ1n) is 10.9. The zero-order chi connectivity index (χ0) is 24.7. The number of halogens is 2. The molecule has 1 aliphatic heterocycles. The summed E-state index contributed by atoms with van der Waals surface area (Å²) in [5.74, 6) is 0.219. The van der Waals surface area contributed by atoms with E-state index in [9.17, 15) is 13.2 Å². The van der Waals surface area contributed by atoms with Crippen molar-refractivity contribution >= 4 is 65.8 Å². The van der Waals surface area contributed by atoms with E-state index in [-0.39, 0.29) is 23.9 Å². The maximum Gasteiger partial charge on any atom is 0.247 e. The van der Waals surface area contributed by atoms with Crippen LogP contribution in [-0.4, -0.2) is 36.2 Å². The lowest BCUT2D eigenvalue weighted by Crippen LogP contribution is -2.47. The maximum atomic E-state index is 13.9. The van der Waals surface area contributed by atoms with Gasteiger partial charge in [-0.25, -0.2) is 13.4 Å². The van der Waals surface area contributed by atoms with Crippen molar-refractivity contribution in [3.63, 3.8) is 0 Å². The van der Waals surface area contributed by atoms with Crippen LogP contribution in [0.3, 0.4) is 0 Å². The molecule has 0 radical (unpaired) electrons. The lowest BCUT2D eigenvalue weighted by Gasteiger charge is -2.28. The number of carbonyl (C=O) groups is 1. The van der Waals surface area contributed by atoms with Gasteiger partial charge in [0.25, 0.3) is 0 Å². The molecule has 182 valence electrons. The zero-order valence-electron chi connectivity index (χ0n) is 18.6. The van der Waals surface area contributed by atoms with Crippen molar-refractivity contribution in [3.8, 4) is 0 Å². The smallest absolute Gasteiger partial charge is 0.247 e. The molecular weight excluding hydrogens is 529 g/mol. The van der Waals surface area contributed by atoms with E-state index in [0.29, 0.717) is 39.3 Å². The van der Waals surface area contributed by atoms with E-state index in [1.54, 1.807) is 18.2 Å². The lowest BCUT2D eigenvalue weighted by atomic mass is 10.2. The Bertz CT molecular complexity index is 1490. The second kappa shape index (κ2) is 9.55. The molecule has 0 bridgehead atoms. The fourth-order valence-corrected chi connectivity index (χ4v) is 7.16. The molecule has 2 aromatic carbocycles. The van der Waals surface area contributed by atoms with Crippen LogP contribution < -0.4 is 4.90 Å². The summed E-state index contributed by atoms with van der Waals surface area (Å²) in [5, 5.41) is 1.49. The zero-order valence-corrected chi connectivity index (χ0v) is 21.8. The van der Waals surface area contributed by atoms with Gasteiger partial charge in [-0.2, -0.15) is 4.31 Å². The molecule has 1 unspecified atom stereocenters. The van der Waals surface area contributed by atoms with Crippen molar-refractivity contribution in [1.29, 1.82) is 0 Å². The molecule has 5 rings (SSSR count). The van der Waals surface area contributed by atoms with Crippen molar-refractivity contribution in [3.05, 3.63) is 76.2 Å². The number of aromatic nitrogens is 1. The van der Waals surface area contributed by atoms with E-state index in [1.165, 1.54) is 51.1 Å². The minimum Gasteiger partial charge on any atom is -0.467 e. The number of benzene rings is 2. The van der Waals surface area contributed by atoms with Crippen LogP contribution in [-0.2, 0) is 21.4 Å². The van der Waals surface area contributed by atoms with Gasteiger partial charge in [0.05, 0.1) is 27.9 Å². The van der Waals surface area contributed by atoms with Gasteiger partial charge in [-0.1, -0.05) is 34.5 Å². The first-order valence-corrected chi connectivity index (χ1v) is 13.9. The van der Waals surface area contributed by atoms with E-state index in [0.717, 1.165) is 10.3 Å². The average molecular weight is 550 g/mol. The number of nitrogens with zero attached hydrogens (tertiary/aromatic N) is 3. The Morgan fingerprint density at radius 1 is 1.20 bits per heavy atom. The monoisotopic (exact) mass is 549 g/mol. The number of anilines is 1. The molecule has 0 saturated carbocycles. The van der Waals surface area contributed by atoms with Gasteiger partial charge in [0, 0.05) is 16.6 Å². The fourth-order valence-electron chi connectivity index (χ4n) is 4.20. The van der Waals surface area contributed by atoms with Crippen LogP contribution in [0.25, 0.3) is 10.2 Å². The Balaban J connectivity index is 1.53. The minimum absolute atomic E-state index is 0.101. The van der Waals surface area contributed by atoms with Crippen LogP contribution in [0.2, 0.25) is 10.0 Å². The molecule has 1 fully saturated rings. The van der Waals surface area contributed by atoms with Gasteiger partial charge in [-0.3, -0.25) is 9.69 Å². The summed E-state index contributed by atoms with van der Waals surface area (Å²) in [7, 11) is -3.90. The second-order valence-corrected chi connectivity index (χ2v) is 12.0. The number of hydrogen-bond donors (Lipinski definition) is 0. The van der Waals surface area contributed by atoms with E-state index in [2.05, 4.69) is 0 Å². The third-order valence-corrected chi connectivity index (χ3v) is 9.66. The Labute approximate surface area is 216 Å². The summed E-state index contributed by atoms with van der Waals surface area (Å²) >= 11 is 13.6. The molecule has 0 spiro atoms. The molecule has 1 amide bonds. The van der Waals surface area contributed by atoms with Crippen LogP contribution in [0.4, 0.5) is 5.13 Å². The van der Waals surface area contributed by atoms with Gasteiger partial charge in [-0.05, 0) is 73.9 Å². The highest BCUT2D eigenvalue weighted by Gasteiger charge is 2.42. The number of carbonyl (C=O) groups excluding carboxylic acids is 1. The summed E-state index contributed by atoms with van der Waals surface area (Å²) in [5.41, 5.74) is 1.54. The topological polar surface area (TPSA) is 83.7 Å². The SMILES string of the molecule is Cc1c(Cl)ccc2sc(N(Cc3ccco3)C(=O)C3CCCN3S(=O)(=O)c3ccc(Cl)cc3)nc12. The van der Waals surface area contributed by atoms with Crippen molar-refractivity contribution in [1.82, 2.24) is 9.29 Å². The minimum atomic E-state index is -3.90. The molecule has 1 atom stereocenters. The molecule has 11 heteroatoms. The van der Waals surface area contributed by atoms with Crippen LogP contribution in [0.5, 0.6) is 0 Å². The van der Waals surface area contributed by atoms with Crippen LogP contribution in [0, 0.1) is 6.92 Å². The molecule has 3 heterocycles. The first-order chi connectivity index (χ1) is 16.8. The Hall–Kier alpha value is -2.43. The van der Waals surface area contributed by atoms with Crippen LogP contribution in [0.1, 0.15) is 24.2 Å². The molecule has 2 aromatic heterocycles. The predicted molar refractivity (Wildman–Crippen MR) is 138 cm³/mol. The van der Waals surface area contributed by atoms with Gasteiger partial charge in [0.15, 0.2) is 5.13 Å². The highest BCUT2D eigenvalue weighted by Crippen LogP contribution is 2.36. The van der Waals surface area contributed by atoms with E-state index in [1.807, 2.05) is 13.0 Å². The quantitative estimate of drug-likeness (QED) is 0.299. The van der Waals surface area contributed by atoms with Crippen molar-refractivity contribution in [2.24, 2.45) is 0 Å². The number of aryl methyl sites for hydroxylation is 1. The number of fused-ring (bicyclic) bond motifs is 1. The third-order valence-electron chi connectivity index (χ3n) is 6.04. The first kappa shape index (κ1) is 24.3. The lowest BCUT2D eigenvalue weighted by molar-refractivity contribution is -0.121. The molecule has 4 aromatic rings. The van der Waals surface area contributed by atoms with Crippen LogP contribution >= 0.6 is 34.5 Å². The summed E-state index contributed by atoms with van der Waals surface area (Å²) in [6, 6.07) is 12.3. The summed E-state index contributed by atoms with van der Waals surface area (Å²) in [6.07, 6.45) is 2.52. The van der Waals surface area contributed by atoms with E-state index < -0.39 is 16.1 Å². The summed E-state index contributed by atoms with van der Waals surface area (Å²) < 4.78 is 34.5. The molecule has 7 nitrogen and oxygen atoms in total. The van der Waals surface area contributed by atoms with Gasteiger partial charge >= 0.3 is 0 Å². The number of furan rings is 1. The van der Waals surface area contributed by atoms with Gasteiger partial charge in [-0.15, -0.1) is 0 Å². The molecular formula is C24H21Cl2N3O4S2. The third kappa shape index (κ3) is 4.59. The number of amides is 1. The van der Waals surface area contributed by atoms with Crippen molar-refractivity contribution in [2.45, 2.75) is 37.2 Å². The van der Waals surface area contributed by atoms with Crippen molar-refractivity contribution in [2.75, 3.05) is 11.4 Å². The maximum absolute atomic E-state index is 13.9. The largest absolute Gasteiger partial charge is 0.467 e. The number of hydrogen-bond acceptors (Lipinski definition) is 6.